The van der Waals surface area contributed by atoms with Crippen molar-refractivity contribution in [2.75, 3.05) is 27.4 Å². The van der Waals surface area contributed by atoms with Crippen LogP contribution in [0.25, 0.3) is 0 Å². The van der Waals surface area contributed by atoms with Crippen molar-refractivity contribution in [1.82, 2.24) is 4.90 Å². The number of nitrogens with zero attached hydrogens (tertiary/aromatic N) is 1. The number of carbonyl (C=O) groups is 1. The Labute approximate surface area is 92.2 Å². The van der Waals surface area contributed by atoms with Gasteiger partial charge in [-0.15, -0.1) is 0 Å². The average Bonchev–Trinajstić information content (AvgIpc) is 2.40. The third-order valence-corrected chi connectivity index (χ3v) is 8.49. The van der Waals surface area contributed by atoms with Crippen LogP contribution in [0.1, 0.15) is 6.42 Å². The van der Waals surface area contributed by atoms with Gasteiger partial charge < -0.3 is 0 Å². The van der Waals surface area contributed by atoms with E-state index in [1.807, 2.05) is 11.9 Å². The van der Waals surface area contributed by atoms with Gasteiger partial charge in [-0.05, 0) is 0 Å². The zero-order valence-corrected chi connectivity index (χ0v) is 10.9. The molecule has 4 heteroatoms. The topological polar surface area (TPSA) is 40.5 Å². The molecule has 2 heterocycles. The fraction of sp³-hybridized carbons (Fsp3) is 0.900. The normalized spacial score (nSPS) is 41.0. The number of likely N-dealkylation sites (N-methyl/N-ethyl adjacent to an activating group) is 1. The van der Waals surface area contributed by atoms with Crippen molar-refractivity contribution in [3.63, 3.8) is 0 Å². The van der Waals surface area contributed by atoms with Gasteiger partial charge in [0.05, 0.1) is 0 Å². The van der Waals surface area contributed by atoms with Crippen molar-refractivity contribution in [2.24, 2.45) is 11.8 Å². The van der Waals surface area contributed by atoms with Crippen LogP contribution in [0.3, 0.4) is 0 Å². The minimum absolute atomic E-state index is 0.181. The van der Waals surface area contributed by atoms with Gasteiger partial charge in [-0.1, -0.05) is 0 Å². The Kier molecular flexibility index (Phi) is 3.02. The number of halogens is 1. The fourth-order valence-corrected chi connectivity index (χ4v) is 8.04. The molecular weight excluding hydrogens is 293 g/mol. The van der Waals surface area contributed by atoms with E-state index in [1.165, 1.54) is 15.3 Å². The van der Waals surface area contributed by atoms with Gasteiger partial charge in [0.15, 0.2) is 0 Å². The van der Waals surface area contributed by atoms with Gasteiger partial charge in [-0.2, -0.15) is 0 Å². The Morgan fingerprint density at radius 1 is 1.57 bits per heavy atom. The molecule has 1 N–H and O–H groups in total. The monoisotopic (exact) mass is 311 g/mol. The molecule has 2 aliphatic rings. The SMILES string of the molecule is CN1C[C@@H]2CCI(C)C[C@@H]2C1C(=O)O. The first-order valence-corrected chi connectivity index (χ1v) is 10.3. The van der Waals surface area contributed by atoms with Crippen LogP contribution in [0.2, 0.25) is 0 Å². The van der Waals surface area contributed by atoms with Crippen molar-refractivity contribution in [1.29, 1.82) is 0 Å². The van der Waals surface area contributed by atoms with E-state index in [0.29, 0.717) is 11.8 Å². The molecule has 0 aliphatic carbocycles. The summed E-state index contributed by atoms with van der Waals surface area (Å²) in [6.07, 6.45) is 1.29. The third kappa shape index (κ3) is 1.78. The summed E-state index contributed by atoms with van der Waals surface area (Å²) in [5.41, 5.74) is 0. The zero-order chi connectivity index (χ0) is 10.3. The van der Waals surface area contributed by atoms with E-state index >= 15 is 0 Å². The molecule has 82 valence electrons. The summed E-state index contributed by atoms with van der Waals surface area (Å²) in [4.78, 5) is 15.6. The van der Waals surface area contributed by atoms with Crippen LogP contribution in [0.5, 0.6) is 0 Å². The first-order valence-electron chi connectivity index (χ1n) is 5.04. The summed E-state index contributed by atoms with van der Waals surface area (Å²) in [6.45, 7) is 1.01. The van der Waals surface area contributed by atoms with Crippen molar-refractivity contribution in [3.8, 4) is 0 Å². The second kappa shape index (κ2) is 3.96. The average molecular weight is 311 g/mol. The van der Waals surface area contributed by atoms with Crippen LogP contribution >= 0.6 is 19.8 Å². The van der Waals surface area contributed by atoms with E-state index in [1.54, 1.807) is 0 Å². The van der Waals surface area contributed by atoms with Gasteiger partial charge in [0.25, 0.3) is 0 Å². The summed E-state index contributed by atoms with van der Waals surface area (Å²) < 4.78 is 2.70. The second-order valence-corrected chi connectivity index (χ2v) is 10.6. The molecule has 2 rings (SSSR count). The van der Waals surface area contributed by atoms with Gasteiger partial charge in [0, 0.05) is 0 Å². The van der Waals surface area contributed by atoms with E-state index < -0.39 is 25.8 Å². The molecule has 3 nitrogen and oxygen atoms in total. The zero-order valence-electron chi connectivity index (χ0n) is 8.74. The summed E-state index contributed by atoms with van der Waals surface area (Å²) in [5.74, 6) is 0.544. The van der Waals surface area contributed by atoms with Crippen LogP contribution < -0.4 is 0 Å². The fourth-order valence-electron chi connectivity index (χ4n) is 2.80. The van der Waals surface area contributed by atoms with Crippen LogP contribution in [0.15, 0.2) is 0 Å². The van der Waals surface area contributed by atoms with E-state index in [9.17, 15) is 9.90 Å². The van der Waals surface area contributed by atoms with Gasteiger partial charge in [-0.25, -0.2) is 0 Å². The molecule has 0 aromatic heterocycles. The summed E-state index contributed by atoms with van der Waals surface area (Å²) in [7, 11) is 1.96. The maximum absolute atomic E-state index is 11.1. The number of carboxylic acids is 1. The molecule has 0 amide bonds. The predicted molar refractivity (Wildman–Crippen MR) is 65.3 cm³/mol. The Morgan fingerprint density at radius 3 is 2.93 bits per heavy atom. The van der Waals surface area contributed by atoms with E-state index in [2.05, 4.69) is 4.93 Å². The van der Waals surface area contributed by atoms with Crippen LogP contribution in [0.4, 0.5) is 0 Å². The Bertz CT molecular complexity index is 246. The van der Waals surface area contributed by atoms with Crippen molar-refractivity contribution in [2.45, 2.75) is 12.5 Å². The van der Waals surface area contributed by atoms with E-state index in [4.69, 9.17) is 0 Å². The minimum atomic E-state index is -0.729. The maximum atomic E-state index is 11.1. The van der Waals surface area contributed by atoms with Crippen molar-refractivity contribution in [3.05, 3.63) is 0 Å². The molecule has 1 unspecified atom stereocenters. The van der Waals surface area contributed by atoms with Gasteiger partial charge in [-0.3, -0.25) is 0 Å². The number of rotatable bonds is 1. The third-order valence-electron chi connectivity index (χ3n) is 3.51. The molecule has 0 aromatic rings. The molecule has 14 heavy (non-hydrogen) atoms. The number of fused-ring (bicyclic) bond motifs is 1. The number of hydrogen-bond donors (Lipinski definition) is 1. The number of carboxylic acid groups (broad SMARTS) is 1. The molecular formula is C10H18INO2. The van der Waals surface area contributed by atoms with Gasteiger partial charge in [0.2, 0.25) is 0 Å². The summed E-state index contributed by atoms with van der Waals surface area (Å²) >= 11 is -0.729. The first-order chi connectivity index (χ1) is 6.59. The summed E-state index contributed by atoms with van der Waals surface area (Å²) in [5, 5.41) is 9.18. The van der Waals surface area contributed by atoms with Crippen molar-refractivity contribution >= 4 is 25.8 Å². The predicted octanol–water partition coefficient (Wildman–Crippen LogP) is 1.16. The molecule has 2 aliphatic heterocycles. The Hall–Kier alpha value is 0.160. The van der Waals surface area contributed by atoms with Crippen LogP contribution in [-0.4, -0.2) is 49.4 Å². The molecule has 0 aromatic carbocycles. The Balaban J connectivity index is 2.14. The van der Waals surface area contributed by atoms with Gasteiger partial charge in [0.1, 0.15) is 0 Å². The number of likely N-dealkylation sites (tertiary alicyclic amines) is 1. The first kappa shape index (κ1) is 10.7. The molecule has 2 fully saturated rings. The van der Waals surface area contributed by atoms with Crippen LogP contribution in [-0.2, 0) is 4.79 Å². The standard InChI is InChI=1S/C10H18INO2/c1-11-4-3-7-6-12(2)9(10(13)14)8(7)5-11/h7-9H,3-6H2,1-2H3,(H,13,14)/t7-,8-,9?/m0/s1. The second-order valence-electron chi connectivity index (χ2n) is 4.50. The van der Waals surface area contributed by atoms with Gasteiger partial charge >= 0.3 is 92.3 Å². The molecule has 0 saturated carbocycles. The van der Waals surface area contributed by atoms with E-state index in [0.717, 1.165) is 6.54 Å². The van der Waals surface area contributed by atoms with Crippen LogP contribution in [0, 0.1) is 11.8 Å². The quantitative estimate of drug-likeness (QED) is 0.583. The molecule has 3 atom stereocenters. The molecule has 2 saturated heterocycles. The molecule has 0 bridgehead atoms. The summed E-state index contributed by atoms with van der Waals surface area (Å²) in [6, 6.07) is -0.181. The van der Waals surface area contributed by atoms with E-state index in [-0.39, 0.29) is 6.04 Å². The Morgan fingerprint density at radius 2 is 2.29 bits per heavy atom. The molecule has 0 spiro atoms. The van der Waals surface area contributed by atoms with Crippen molar-refractivity contribution < 1.29 is 9.90 Å². The number of aliphatic carboxylic acids is 1. The number of hydrogen-bond acceptors (Lipinski definition) is 2. The number of alkyl halides is 3. The molecule has 0 radical (unpaired) electrons.